The highest BCUT2D eigenvalue weighted by molar-refractivity contribution is 9.10. The maximum Gasteiger partial charge on any atom is 0.309 e. The van der Waals surface area contributed by atoms with Crippen molar-refractivity contribution in [1.82, 2.24) is 0 Å². The van der Waals surface area contributed by atoms with Crippen molar-refractivity contribution in [2.24, 2.45) is 0 Å². The maximum absolute atomic E-state index is 11.6. The van der Waals surface area contributed by atoms with E-state index in [2.05, 4.69) is 20.7 Å². The molecule has 1 N–H and O–H groups in total. The van der Waals surface area contributed by atoms with Crippen LogP contribution in [0.1, 0.15) is 29.3 Å². The molecule has 0 fully saturated rings. The number of carbonyl (C=O) groups excluding carboxylic acids is 2. The second-order valence-corrected chi connectivity index (χ2v) is 5.19. The number of fused-ring (bicyclic) bond motifs is 1. The summed E-state index contributed by atoms with van der Waals surface area (Å²) in [5.41, 5.74) is 0.888. The van der Waals surface area contributed by atoms with Crippen LogP contribution in [0.15, 0.2) is 10.5 Å². The second-order valence-electron chi connectivity index (χ2n) is 4.34. The van der Waals surface area contributed by atoms with Gasteiger partial charge in [0.25, 0.3) is 0 Å². The Balaban J connectivity index is 2.35. The number of aromatic hydroxyl groups is 1. The molecule has 0 bridgehead atoms. The maximum atomic E-state index is 11.6. The predicted molar refractivity (Wildman–Crippen MR) is 70.6 cm³/mol. The highest BCUT2D eigenvalue weighted by Gasteiger charge is 2.31. The number of hydrogen-bond acceptors (Lipinski definition) is 5. The molecular weight excluding hydrogens is 316 g/mol. The van der Waals surface area contributed by atoms with Gasteiger partial charge in [0.05, 0.1) is 23.6 Å². The Bertz CT molecular complexity index is 552. The lowest BCUT2D eigenvalue weighted by molar-refractivity contribution is -0.142. The molecule has 1 aliphatic heterocycles. The van der Waals surface area contributed by atoms with Crippen molar-refractivity contribution in [2.45, 2.75) is 25.9 Å². The van der Waals surface area contributed by atoms with E-state index in [0.717, 1.165) is 0 Å². The molecule has 0 spiro atoms. The number of halogens is 1. The van der Waals surface area contributed by atoms with Crippen molar-refractivity contribution in [3.05, 3.63) is 21.7 Å². The number of hydrogen-bond donors (Lipinski definition) is 1. The van der Waals surface area contributed by atoms with Crippen molar-refractivity contribution >= 4 is 27.7 Å². The molecule has 0 radical (unpaired) electrons. The fourth-order valence-electron chi connectivity index (χ4n) is 2.18. The molecule has 1 aromatic rings. The van der Waals surface area contributed by atoms with Crippen LogP contribution in [-0.4, -0.2) is 30.1 Å². The molecule has 0 saturated carbocycles. The van der Waals surface area contributed by atoms with E-state index in [1.165, 1.54) is 14.0 Å². The Hall–Kier alpha value is -1.56. The Morgan fingerprint density at radius 1 is 1.58 bits per heavy atom. The van der Waals surface area contributed by atoms with Crippen molar-refractivity contribution < 1.29 is 24.2 Å². The van der Waals surface area contributed by atoms with E-state index in [4.69, 9.17) is 4.74 Å². The Labute approximate surface area is 118 Å². The van der Waals surface area contributed by atoms with Gasteiger partial charge in [-0.25, -0.2) is 0 Å². The molecule has 1 aliphatic rings. The molecule has 6 heteroatoms. The Kier molecular flexibility index (Phi) is 3.80. The summed E-state index contributed by atoms with van der Waals surface area (Å²) < 4.78 is 10.6. The predicted octanol–water partition coefficient (Wildman–Crippen LogP) is 2.22. The minimum Gasteiger partial charge on any atom is -0.506 e. The van der Waals surface area contributed by atoms with Crippen LogP contribution in [0, 0.1) is 0 Å². The largest absolute Gasteiger partial charge is 0.506 e. The summed E-state index contributed by atoms with van der Waals surface area (Å²) in [6.07, 6.45) is 0.149. The minimum absolute atomic E-state index is 0.0893. The number of carbonyl (C=O) groups is 2. The van der Waals surface area contributed by atoms with Gasteiger partial charge in [0.1, 0.15) is 17.6 Å². The third-order valence-electron chi connectivity index (χ3n) is 3.02. The number of Topliss-reactive ketones (excluding diaryl/α,β-unsaturated/α-hetero) is 1. The molecule has 1 heterocycles. The van der Waals surface area contributed by atoms with Gasteiger partial charge in [-0.3, -0.25) is 9.59 Å². The van der Waals surface area contributed by atoms with Gasteiger partial charge in [0, 0.05) is 12.0 Å². The Morgan fingerprint density at radius 3 is 2.84 bits per heavy atom. The smallest absolute Gasteiger partial charge is 0.309 e. The summed E-state index contributed by atoms with van der Waals surface area (Å²) in [4.78, 5) is 22.9. The van der Waals surface area contributed by atoms with Gasteiger partial charge in [-0.05, 0) is 28.9 Å². The average Bonchev–Trinajstić information content (AvgIpc) is 2.71. The van der Waals surface area contributed by atoms with Crippen LogP contribution in [-0.2, 0) is 16.0 Å². The molecule has 1 unspecified atom stereocenters. The molecule has 0 aliphatic carbocycles. The van der Waals surface area contributed by atoms with E-state index in [9.17, 15) is 14.7 Å². The monoisotopic (exact) mass is 328 g/mol. The molecule has 0 saturated heterocycles. The summed E-state index contributed by atoms with van der Waals surface area (Å²) in [6.45, 7) is 1.38. The topological polar surface area (TPSA) is 72.8 Å². The lowest BCUT2D eigenvalue weighted by Crippen LogP contribution is -2.19. The molecule has 2 rings (SSSR count). The number of rotatable bonds is 3. The van der Waals surface area contributed by atoms with E-state index in [1.807, 2.05) is 0 Å². The number of esters is 1. The van der Waals surface area contributed by atoms with Crippen LogP contribution < -0.4 is 4.74 Å². The van der Waals surface area contributed by atoms with E-state index in [0.29, 0.717) is 22.2 Å². The zero-order valence-electron chi connectivity index (χ0n) is 10.5. The number of benzene rings is 1. The first kappa shape index (κ1) is 13.9. The standard InChI is InChI=1S/C13H13BrO5/c1-6(15)12-8-3-7(4-11(16)18-2)19-10(8)5-9(14)13(12)17/h5,7,17H,3-4H2,1-2H3. The molecule has 0 aromatic heterocycles. The third-order valence-corrected chi connectivity index (χ3v) is 3.62. The molecule has 19 heavy (non-hydrogen) atoms. The fraction of sp³-hybridized carbons (Fsp3) is 0.385. The van der Waals surface area contributed by atoms with Crippen LogP contribution in [0.5, 0.6) is 11.5 Å². The van der Waals surface area contributed by atoms with Gasteiger partial charge in [0.2, 0.25) is 0 Å². The summed E-state index contributed by atoms with van der Waals surface area (Å²) in [5, 5.41) is 9.93. The molecule has 1 aromatic carbocycles. The second kappa shape index (κ2) is 5.21. The highest BCUT2D eigenvalue weighted by atomic mass is 79.9. The third kappa shape index (κ3) is 2.58. The molecule has 5 nitrogen and oxygen atoms in total. The summed E-state index contributed by atoms with van der Waals surface area (Å²) in [5.74, 6) is -0.180. The first-order valence-corrected chi connectivity index (χ1v) is 6.52. The summed E-state index contributed by atoms with van der Waals surface area (Å²) in [6, 6.07) is 1.61. The molecule has 1 atom stereocenters. The van der Waals surface area contributed by atoms with Gasteiger partial charge < -0.3 is 14.6 Å². The van der Waals surface area contributed by atoms with E-state index in [1.54, 1.807) is 6.07 Å². The molecule has 0 amide bonds. The molecule has 102 valence electrons. The number of ether oxygens (including phenoxy) is 2. The first-order valence-electron chi connectivity index (χ1n) is 5.72. The van der Waals surface area contributed by atoms with E-state index in [-0.39, 0.29) is 35.6 Å². The number of phenols is 1. The van der Waals surface area contributed by atoms with Gasteiger partial charge in [-0.2, -0.15) is 0 Å². The lowest BCUT2D eigenvalue weighted by Gasteiger charge is -2.09. The normalized spacial score (nSPS) is 16.7. The van der Waals surface area contributed by atoms with Gasteiger partial charge in [0.15, 0.2) is 5.78 Å². The lowest BCUT2D eigenvalue weighted by atomic mass is 9.98. The summed E-state index contributed by atoms with van der Waals surface area (Å²) in [7, 11) is 1.31. The zero-order valence-corrected chi connectivity index (χ0v) is 12.1. The van der Waals surface area contributed by atoms with Crippen molar-refractivity contribution in [3.8, 4) is 11.5 Å². The number of methoxy groups -OCH3 is 1. The Morgan fingerprint density at radius 2 is 2.26 bits per heavy atom. The minimum atomic E-state index is -0.370. The van der Waals surface area contributed by atoms with Crippen LogP contribution in [0.3, 0.4) is 0 Å². The van der Waals surface area contributed by atoms with Crippen molar-refractivity contribution in [2.75, 3.05) is 7.11 Å². The van der Waals surface area contributed by atoms with Crippen LogP contribution in [0.4, 0.5) is 0 Å². The van der Waals surface area contributed by atoms with Gasteiger partial charge in [-0.15, -0.1) is 0 Å². The fourth-order valence-corrected chi connectivity index (χ4v) is 2.58. The van der Waals surface area contributed by atoms with Gasteiger partial charge >= 0.3 is 5.97 Å². The van der Waals surface area contributed by atoms with Crippen molar-refractivity contribution in [1.29, 1.82) is 0 Å². The first-order chi connectivity index (χ1) is 8.93. The molecular formula is C13H13BrO5. The zero-order chi connectivity index (χ0) is 14.2. The van der Waals surface area contributed by atoms with Gasteiger partial charge in [-0.1, -0.05) is 0 Å². The van der Waals surface area contributed by atoms with Crippen LogP contribution in [0.25, 0.3) is 0 Å². The van der Waals surface area contributed by atoms with E-state index >= 15 is 0 Å². The SMILES string of the molecule is COC(=O)CC1Cc2c(cc(Br)c(O)c2C(C)=O)O1. The van der Waals surface area contributed by atoms with Crippen LogP contribution in [0.2, 0.25) is 0 Å². The quantitative estimate of drug-likeness (QED) is 0.680. The number of phenolic OH excluding ortho intramolecular Hbond substituents is 1. The van der Waals surface area contributed by atoms with E-state index < -0.39 is 0 Å². The summed E-state index contributed by atoms with van der Waals surface area (Å²) >= 11 is 3.18. The van der Waals surface area contributed by atoms with Crippen molar-refractivity contribution in [3.63, 3.8) is 0 Å². The number of ketones is 1. The van der Waals surface area contributed by atoms with Crippen LogP contribution >= 0.6 is 15.9 Å². The highest BCUT2D eigenvalue weighted by Crippen LogP contribution is 2.42. The average molecular weight is 329 g/mol.